The number of amides is 2. The lowest BCUT2D eigenvalue weighted by Crippen LogP contribution is -2.37. The minimum absolute atomic E-state index is 0.0948. The van der Waals surface area contributed by atoms with Crippen LogP contribution in [0, 0.1) is 0 Å². The molecule has 1 saturated heterocycles. The number of carbonyl (C=O) groups excluding carboxylic acids is 3. The molecule has 1 aliphatic rings. The van der Waals surface area contributed by atoms with Crippen LogP contribution in [0.1, 0.15) is 11.8 Å². The Morgan fingerprint density at radius 1 is 1.50 bits per heavy atom. The summed E-state index contributed by atoms with van der Waals surface area (Å²) < 4.78 is 4.82. The number of thioether (sulfide) groups is 1. The molecule has 1 aliphatic heterocycles. The van der Waals surface area contributed by atoms with Gasteiger partial charge in [-0.3, -0.25) is 14.5 Å². The van der Waals surface area contributed by atoms with Crippen molar-refractivity contribution < 1.29 is 19.1 Å². The van der Waals surface area contributed by atoms with Gasteiger partial charge in [-0.15, -0.1) is 11.3 Å². The van der Waals surface area contributed by atoms with Crippen LogP contribution in [0.15, 0.2) is 28.6 Å². The highest BCUT2D eigenvalue weighted by molar-refractivity contribution is 8.04. The first kappa shape index (κ1) is 16.6. The van der Waals surface area contributed by atoms with Crippen LogP contribution in [-0.4, -0.2) is 41.6 Å². The van der Waals surface area contributed by atoms with Gasteiger partial charge in [0.25, 0.3) is 0 Å². The van der Waals surface area contributed by atoms with E-state index < -0.39 is 5.97 Å². The first-order chi connectivity index (χ1) is 10.6. The van der Waals surface area contributed by atoms with E-state index in [0.717, 1.165) is 4.88 Å². The normalized spacial score (nSPS) is 16.1. The highest BCUT2D eigenvalue weighted by Gasteiger charge is 2.29. The van der Waals surface area contributed by atoms with Crippen LogP contribution < -0.4 is 5.32 Å². The fourth-order valence-electron chi connectivity index (χ4n) is 1.78. The summed E-state index contributed by atoms with van der Waals surface area (Å²) in [6.07, 6.45) is 1.26. The molecule has 0 radical (unpaired) electrons. The summed E-state index contributed by atoms with van der Waals surface area (Å²) in [5.41, 5.74) is 0. The number of ether oxygens (including phenoxy) is 1. The Balaban J connectivity index is 1.91. The number of esters is 1. The van der Waals surface area contributed by atoms with E-state index in [1.54, 1.807) is 18.3 Å². The van der Waals surface area contributed by atoms with E-state index in [-0.39, 0.29) is 30.7 Å². The quantitative estimate of drug-likeness (QED) is 0.625. The molecule has 0 aromatic carbocycles. The van der Waals surface area contributed by atoms with E-state index in [2.05, 4.69) is 5.32 Å². The molecule has 2 heterocycles. The third kappa shape index (κ3) is 4.60. The zero-order valence-electron chi connectivity index (χ0n) is 12.0. The topological polar surface area (TPSA) is 75.7 Å². The van der Waals surface area contributed by atoms with Gasteiger partial charge in [-0.05, 0) is 18.4 Å². The van der Waals surface area contributed by atoms with E-state index in [1.807, 2.05) is 17.5 Å². The Kier molecular flexibility index (Phi) is 6.02. The molecule has 1 aromatic heterocycles. The van der Waals surface area contributed by atoms with Gasteiger partial charge in [-0.25, -0.2) is 4.79 Å². The summed E-state index contributed by atoms with van der Waals surface area (Å²) in [5, 5.41) is 5.14. The summed E-state index contributed by atoms with van der Waals surface area (Å²) in [7, 11) is 0. The zero-order chi connectivity index (χ0) is 15.9. The first-order valence-electron chi connectivity index (χ1n) is 6.71. The van der Waals surface area contributed by atoms with Crippen molar-refractivity contribution in [1.82, 2.24) is 10.2 Å². The van der Waals surface area contributed by atoms with E-state index in [4.69, 9.17) is 4.74 Å². The van der Waals surface area contributed by atoms with Crippen molar-refractivity contribution in [2.45, 2.75) is 13.5 Å². The summed E-state index contributed by atoms with van der Waals surface area (Å²) in [6, 6.07) is 3.83. The van der Waals surface area contributed by atoms with Crippen molar-refractivity contribution >= 4 is 40.9 Å². The molecule has 0 unspecified atom stereocenters. The smallest absolute Gasteiger partial charge is 0.333 e. The largest absolute Gasteiger partial charge is 0.463 e. The molecule has 0 bridgehead atoms. The van der Waals surface area contributed by atoms with Gasteiger partial charge in [0.15, 0.2) is 0 Å². The molecule has 2 amide bonds. The van der Waals surface area contributed by atoms with Crippen LogP contribution in [0.3, 0.4) is 0 Å². The fraction of sp³-hybridized carbons (Fsp3) is 0.357. The lowest BCUT2D eigenvalue weighted by atomic mass is 10.4. The lowest BCUT2D eigenvalue weighted by molar-refractivity contribution is -0.137. The van der Waals surface area contributed by atoms with E-state index >= 15 is 0 Å². The molecule has 118 valence electrons. The maximum Gasteiger partial charge on any atom is 0.333 e. The molecule has 0 atom stereocenters. The van der Waals surface area contributed by atoms with Gasteiger partial charge < -0.3 is 10.1 Å². The van der Waals surface area contributed by atoms with Crippen molar-refractivity contribution in [3.8, 4) is 0 Å². The number of nitrogens with one attached hydrogen (secondary N) is 1. The Morgan fingerprint density at radius 3 is 3.00 bits per heavy atom. The monoisotopic (exact) mass is 340 g/mol. The van der Waals surface area contributed by atoms with Crippen LogP contribution in [0.25, 0.3) is 0 Å². The van der Waals surface area contributed by atoms with Crippen LogP contribution in [0.2, 0.25) is 0 Å². The van der Waals surface area contributed by atoms with Gasteiger partial charge in [-0.2, -0.15) is 0 Å². The molecule has 0 aliphatic carbocycles. The maximum absolute atomic E-state index is 11.9. The highest BCUT2D eigenvalue weighted by atomic mass is 32.2. The average molecular weight is 340 g/mol. The standard InChI is InChI=1S/C14H16N2O4S2/c1-2-20-14(19)6-13-16(12(18)9-22-13)8-11(17)15-7-10-4-3-5-21-10/h3-6H,2,7-9H2,1H3,(H,15,17)/b13-6-. The van der Waals surface area contributed by atoms with Crippen molar-refractivity contribution in [1.29, 1.82) is 0 Å². The van der Waals surface area contributed by atoms with E-state index in [0.29, 0.717) is 11.6 Å². The second-order valence-corrected chi connectivity index (χ2v) is 6.39. The number of hydrogen-bond donors (Lipinski definition) is 1. The van der Waals surface area contributed by atoms with Gasteiger partial charge >= 0.3 is 5.97 Å². The second kappa shape index (κ2) is 8.00. The zero-order valence-corrected chi connectivity index (χ0v) is 13.7. The van der Waals surface area contributed by atoms with Crippen molar-refractivity contribution in [2.75, 3.05) is 18.9 Å². The van der Waals surface area contributed by atoms with Crippen LogP contribution >= 0.6 is 23.1 Å². The number of hydrogen-bond acceptors (Lipinski definition) is 6. The number of rotatable bonds is 6. The summed E-state index contributed by atoms with van der Waals surface area (Å²) >= 11 is 2.78. The molecular weight excluding hydrogens is 324 g/mol. The van der Waals surface area contributed by atoms with Crippen molar-refractivity contribution in [3.63, 3.8) is 0 Å². The number of thiophene rings is 1. The van der Waals surface area contributed by atoms with Gasteiger partial charge in [0.2, 0.25) is 11.8 Å². The van der Waals surface area contributed by atoms with Crippen LogP contribution in [-0.2, 0) is 25.7 Å². The van der Waals surface area contributed by atoms with Gasteiger partial charge in [0.05, 0.1) is 30.0 Å². The number of carbonyl (C=O) groups is 3. The molecule has 0 saturated carbocycles. The van der Waals surface area contributed by atoms with Gasteiger partial charge in [0, 0.05) is 4.88 Å². The fourth-order valence-corrected chi connectivity index (χ4v) is 3.36. The Bertz CT molecular complexity index is 584. The second-order valence-electron chi connectivity index (χ2n) is 4.36. The highest BCUT2D eigenvalue weighted by Crippen LogP contribution is 2.28. The molecule has 0 spiro atoms. The van der Waals surface area contributed by atoms with Crippen LogP contribution in [0.5, 0.6) is 0 Å². The molecule has 6 nitrogen and oxygen atoms in total. The molecule has 1 aromatic rings. The Hall–Kier alpha value is -1.80. The van der Waals surface area contributed by atoms with Crippen molar-refractivity contribution in [3.05, 3.63) is 33.5 Å². The van der Waals surface area contributed by atoms with E-state index in [9.17, 15) is 14.4 Å². The lowest BCUT2D eigenvalue weighted by Gasteiger charge is -2.16. The third-order valence-corrected chi connectivity index (χ3v) is 4.68. The number of nitrogens with zero attached hydrogens (tertiary/aromatic N) is 1. The van der Waals surface area contributed by atoms with Gasteiger partial charge in [-0.1, -0.05) is 17.8 Å². The Morgan fingerprint density at radius 2 is 2.32 bits per heavy atom. The minimum Gasteiger partial charge on any atom is -0.463 e. The summed E-state index contributed by atoms with van der Waals surface area (Å²) in [5.74, 6) is -0.738. The van der Waals surface area contributed by atoms with Gasteiger partial charge in [0.1, 0.15) is 6.54 Å². The SMILES string of the molecule is CCOC(=O)/C=C1\SCC(=O)N1CC(=O)NCc1cccs1. The minimum atomic E-state index is -0.510. The predicted octanol–water partition coefficient (Wildman–Crippen LogP) is 1.34. The average Bonchev–Trinajstić information content (AvgIpc) is 3.10. The van der Waals surface area contributed by atoms with Crippen molar-refractivity contribution in [2.24, 2.45) is 0 Å². The third-order valence-electron chi connectivity index (χ3n) is 2.78. The molecule has 1 fully saturated rings. The molecule has 2 rings (SSSR count). The molecule has 1 N–H and O–H groups in total. The Labute approximate surface area is 136 Å². The first-order valence-corrected chi connectivity index (χ1v) is 8.57. The van der Waals surface area contributed by atoms with E-state index in [1.165, 1.54) is 22.7 Å². The summed E-state index contributed by atoms with van der Waals surface area (Å²) in [4.78, 5) is 37.6. The molecular formula is C14H16N2O4S2. The predicted molar refractivity (Wildman–Crippen MR) is 85.1 cm³/mol. The molecule has 22 heavy (non-hydrogen) atoms. The maximum atomic E-state index is 11.9. The molecule has 8 heteroatoms. The van der Waals surface area contributed by atoms with Crippen LogP contribution in [0.4, 0.5) is 0 Å². The summed E-state index contributed by atoms with van der Waals surface area (Å²) in [6.45, 7) is 2.31.